The van der Waals surface area contributed by atoms with E-state index in [0.29, 0.717) is 17.2 Å². The zero-order valence-electron chi connectivity index (χ0n) is 14.4. The van der Waals surface area contributed by atoms with Crippen molar-refractivity contribution in [1.29, 1.82) is 0 Å². The molecular weight excluding hydrogens is 328 g/mol. The van der Waals surface area contributed by atoms with Crippen LogP contribution in [0.4, 0.5) is 5.69 Å². The third-order valence-corrected chi connectivity index (χ3v) is 5.55. The molecule has 0 radical (unpaired) electrons. The SMILES string of the molecule is O=C(Nc1ccc2c(c1)OCO2)C1=CC2(CCNCC2)c2ccccc21. The number of fused-ring (bicyclic) bond motifs is 3. The Hall–Kier alpha value is -2.79. The summed E-state index contributed by atoms with van der Waals surface area (Å²) in [6, 6.07) is 13.8. The van der Waals surface area contributed by atoms with Gasteiger partial charge in [0.15, 0.2) is 11.5 Å². The van der Waals surface area contributed by atoms with E-state index in [1.54, 1.807) is 0 Å². The lowest BCUT2D eigenvalue weighted by Crippen LogP contribution is -2.37. The number of carbonyl (C=O) groups is 1. The van der Waals surface area contributed by atoms with Gasteiger partial charge in [-0.2, -0.15) is 0 Å². The van der Waals surface area contributed by atoms with Crippen molar-refractivity contribution < 1.29 is 14.3 Å². The van der Waals surface area contributed by atoms with E-state index < -0.39 is 0 Å². The molecule has 2 N–H and O–H groups in total. The molecule has 1 saturated heterocycles. The Bertz CT molecular complexity index is 913. The van der Waals surface area contributed by atoms with Gasteiger partial charge in [0.25, 0.3) is 5.91 Å². The summed E-state index contributed by atoms with van der Waals surface area (Å²) in [5, 5.41) is 6.44. The molecule has 2 aromatic carbocycles. The lowest BCUT2D eigenvalue weighted by molar-refractivity contribution is -0.111. The molecule has 1 spiro atoms. The number of piperidine rings is 1. The van der Waals surface area contributed by atoms with Crippen molar-refractivity contribution in [3.63, 3.8) is 0 Å². The van der Waals surface area contributed by atoms with Crippen LogP contribution in [0.2, 0.25) is 0 Å². The Labute approximate surface area is 152 Å². The number of amides is 1. The highest BCUT2D eigenvalue weighted by atomic mass is 16.7. The van der Waals surface area contributed by atoms with Gasteiger partial charge in [-0.05, 0) is 49.2 Å². The molecule has 3 aliphatic rings. The number of anilines is 1. The van der Waals surface area contributed by atoms with Gasteiger partial charge in [-0.25, -0.2) is 0 Å². The lowest BCUT2D eigenvalue weighted by Gasteiger charge is -2.33. The molecule has 0 saturated carbocycles. The molecule has 1 amide bonds. The van der Waals surface area contributed by atoms with Gasteiger partial charge in [0.2, 0.25) is 6.79 Å². The second-order valence-corrected chi connectivity index (χ2v) is 7.03. The summed E-state index contributed by atoms with van der Waals surface area (Å²) in [4.78, 5) is 13.0. The van der Waals surface area contributed by atoms with Crippen LogP contribution in [-0.2, 0) is 10.2 Å². The molecule has 26 heavy (non-hydrogen) atoms. The fraction of sp³-hybridized carbons (Fsp3) is 0.286. The first kappa shape index (κ1) is 15.5. The maximum absolute atomic E-state index is 13.0. The highest BCUT2D eigenvalue weighted by Gasteiger charge is 2.40. The van der Waals surface area contributed by atoms with Gasteiger partial charge < -0.3 is 20.1 Å². The van der Waals surface area contributed by atoms with Crippen LogP contribution in [0.5, 0.6) is 11.5 Å². The van der Waals surface area contributed by atoms with Gasteiger partial charge in [0.05, 0.1) is 0 Å². The van der Waals surface area contributed by atoms with E-state index in [4.69, 9.17) is 9.47 Å². The van der Waals surface area contributed by atoms with E-state index in [-0.39, 0.29) is 18.1 Å². The summed E-state index contributed by atoms with van der Waals surface area (Å²) >= 11 is 0. The molecule has 1 aliphatic carbocycles. The standard InChI is InChI=1S/C21H20N2O3/c24-20(23-14-5-6-18-19(11-14)26-13-25-18)16-12-21(7-9-22-10-8-21)17-4-2-1-3-15(16)17/h1-6,11-12,22H,7-10,13H2,(H,23,24). The van der Waals surface area contributed by atoms with Crippen molar-refractivity contribution in [3.8, 4) is 11.5 Å². The molecule has 5 heteroatoms. The third kappa shape index (κ3) is 2.39. The van der Waals surface area contributed by atoms with Gasteiger partial charge in [0.1, 0.15) is 0 Å². The monoisotopic (exact) mass is 348 g/mol. The van der Waals surface area contributed by atoms with Crippen LogP contribution in [0.25, 0.3) is 5.57 Å². The highest BCUT2D eigenvalue weighted by molar-refractivity contribution is 6.27. The van der Waals surface area contributed by atoms with Gasteiger partial charge in [-0.3, -0.25) is 4.79 Å². The van der Waals surface area contributed by atoms with Crippen LogP contribution >= 0.6 is 0 Å². The molecule has 2 aliphatic heterocycles. The van der Waals surface area contributed by atoms with Crippen LogP contribution in [-0.4, -0.2) is 25.8 Å². The zero-order valence-corrected chi connectivity index (χ0v) is 14.4. The van der Waals surface area contributed by atoms with Gasteiger partial charge in [0, 0.05) is 22.7 Å². The van der Waals surface area contributed by atoms with E-state index >= 15 is 0 Å². The summed E-state index contributed by atoms with van der Waals surface area (Å²) in [5.74, 6) is 1.30. The first-order valence-corrected chi connectivity index (χ1v) is 9.00. The number of rotatable bonds is 2. The van der Waals surface area contributed by atoms with E-state index in [2.05, 4.69) is 34.9 Å². The summed E-state index contributed by atoms with van der Waals surface area (Å²) in [7, 11) is 0. The topological polar surface area (TPSA) is 59.6 Å². The Morgan fingerprint density at radius 3 is 2.73 bits per heavy atom. The number of allylic oxidation sites excluding steroid dienone is 1. The lowest BCUT2D eigenvalue weighted by atomic mass is 9.75. The Morgan fingerprint density at radius 2 is 1.85 bits per heavy atom. The van der Waals surface area contributed by atoms with E-state index in [1.807, 2.05) is 24.3 Å². The van der Waals surface area contributed by atoms with Crippen molar-refractivity contribution in [2.75, 3.05) is 25.2 Å². The maximum Gasteiger partial charge on any atom is 0.255 e. The van der Waals surface area contributed by atoms with E-state index in [0.717, 1.165) is 37.1 Å². The summed E-state index contributed by atoms with van der Waals surface area (Å²) in [6.45, 7) is 2.17. The highest BCUT2D eigenvalue weighted by Crippen LogP contribution is 2.46. The van der Waals surface area contributed by atoms with E-state index in [9.17, 15) is 4.79 Å². The van der Waals surface area contributed by atoms with E-state index in [1.165, 1.54) is 5.56 Å². The minimum Gasteiger partial charge on any atom is -0.454 e. The Morgan fingerprint density at radius 1 is 1.04 bits per heavy atom. The number of carbonyl (C=O) groups excluding carboxylic acids is 1. The summed E-state index contributed by atoms with van der Waals surface area (Å²) < 4.78 is 10.7. The van der Waals surface area contributed by atoms with Crippen molar-refractivity contribution in [2.24, 2.45) is 0 Å². The summed E-state index contributed by atoms with van der Waals surface area (Å²) in [5.41, 5.74) is 3.78. The average molecular weight is 348 g/mol. The molecule has 0 unspecified atom stereocenters. The number of hydrogen-bond acceptors (Lipinski definition) is 4. The predicted molar refractivity (Wildman–Crippen MR) is 99.4 cm³/mol. The van der Waals surface area contributed by atoms with Crippen LogP contribution < -0.4 is 20.1 Å². The average Bonchev–Trinajstić information content (AvgIpc) is 3.26. The fourth-order valence-corrected chi connectivity index (χ4v) is 4.23. The molecule has 0 bridgehead atoms. The minimum absolute atomic E-state index is 0.0244. The minimum atomic E-state index is -0.0771. The zero-order chi connectivity index (χ0) is 17.6. The first-order valence-electron chi connectivity index (χ1n) is 9.00. The number of ether oxygens (including phenoxy) is 2. The molecule has 132 valence electrons. The molecule has 0 atom stereocenters. The largest absolute Gasteiger partial charge is 0.454 e. The quantitative estimate of drug-likeness (QED) is 0.876. The third-order valence-electron chi connectivity index (χ3n) is 5.55. The predicted octanol–water partition coefficient (Wildman–Crippen LogP) is 3.07. The molecule has 1 fully saturated rings. The summed E-state index contributed by atoms with van der Waals surface area (Å²) in [6.07, 6.45) is 4.22. The Balaban J connectivity index is 1.47. The smallest absolute Gasteiger partial charge is 0.255 e. The molecule has 2 aromatic rings. The van der Waals surface area contributed by atoms with Crippen molar-refractivity contribution in [3.05, 3.63) is 59.7 Å². The normalized spacial score (nSPS) is 19.2. The van der Waals surface area contributed by atoms with Crippen LogP contribution in [0.1, 0.15) is 24.0 Å². The van der Waals surface area contributed by atoms with Gasteiger partial charge in [-0.15, -0.1) is 0 Å². The van der Waals surface area contributed by atoms with Crippen LogP contribution in [0.15, 0.2) is 48.5 Å². The maximum atomic E-state index is 13.0. The van der Waals surface area contributed by atoms with Crippen molar-refractivity contribution >= 4 is 17.2 Å². The first-order chi connectivity index (χ1) is 12.8. The number of nitrogens with one attached hydrogen (secondary N) is 2. The second kappa shape index (κ2) is 5.88. The fourth-order valence-electron chi connectivity index (χ4n) is 4.23. The molecular formula is C21H20N2O3. The molecule has 5 rings (SSSR count). The number of hydrogen-bond donors (Lipinski definition) is 2. The van der Waals surface area contributed by atoms with Crippen molar-refractivity contribution in [2.45, 2.75) is 18.3 Å². The second-order valence-electron chi connectivity index (χ2n) is 7.03. The number of benzene rings is 2. The van der Waals surface area contributed by atoms with Crippen LogP contribution in [0, 0.1) is 0 Å². The van der Waals surface area contributed by atoms with Gasteiger partial charge >= 0.3 is 0 Å². The van der Waals surface area contributed by atoms with Gasteiger partial charge in [-0.1, -0.05) is 30.3 Å². The Kier molecular flexibility index (Phi) is 3.50. The van der Waals surface area contributed by atoms with Crippen LogP contribution in [0.3, 0.4) is 0 Å². The van der Waals surface area contributed by atoms with Crippen molar-refractivity contribution in [1.82, 2.24) is 5.32 Å². The molecule has 0 aromatic heterocycles. The molecule has 2 heterocycles. The molecule has 5 nitrogen and oxygen atoms in total.